The Kier molecular flexibility index (Phi) is 27.4. The zero-order valence-electron chi connectivity index (χ0n) is 10.6. The van der Waals surface area contributed by atoms with Gasteiger partial charge in [0.2, 0.25) is 0 Å². The monoisotopic (exact) mass is 386 g/mol. The van der Waals surface area contributed by atoms with Crippen molar-refractivity contribution in [2.75, 3.05) is 0 Å². The molecule has 2 fully saturated rings. The molecule has 2 heteroatoms. The van der Waals surface area contributed by atoms with Crippen LogP contribution in [0.2, 0.25) is 17.4 Å². The molecule has 0 atom stereocenters. The van der Waals surface area contributed by atoms with E-state index in [0.29, 0.717) is 0 Å². The molecule has 0 N–H and O–H groups in total. The van der Waals surface area contributed by atoms with E-state index in [1.54, 1.807) is 0 Å². The summed E-state index contributed by atoms with van der Waals surface area (Å²) in [6, 6.07) is 0. The van der Waals surface area contributed by atoms with Crippen molar-refractivity contribution in [3.63, 3.8) is 0 Å². The SMILES string of the molecule is [CH3-].[CH3][Al]([CH3])[CH3].[CH]1[CH][CH][CH][CH]1.[CH]1[CH][CH][CH][CH]1.[Tm]. The van der Waals surface area contributed by atoms with Gasteiger partial charge in [-0.05, 0) is 64.2 Å². The molecule has 95 valence electrons. The maximum atomic E-state index is 2.31. The molecule has 0 saturated heterocycles. The Morgan fingerprint density at radius 2 is 0.562 bits per heavy atom. The first kappa shape index (κ1) is 22.9. The summed E-state index contributed by atoms with van der Waals surface area (Å²) < 4.78 is 0. The summed E-state index contributed by atoms with van der Waals surface area (Å²) in [5.74, 6) is 6.92. The quantitative estimate of drug-likeness (QED) is 0.438. The molecule has 2 rings (SSSR count). The van der Waals surface area contributed by atoms with E-state index >= 15 is 0 Å². The van der Waals surface area contributed by atoms with Gasteiger partial charge in [-0.25, -0.2) is 0 Å². The third-order valence-electron chi connectivity index (χ3n) is 1.11. The second-order valence-electron chi connectivity index (χ2n) is 3.66. The maximum absolute atomic E-state index is 2.31. The molecule has 0 aliphatic heterocycles. The van der Waals surface area contributed by atoms with Crippen molar-refractivity contribution in [3.05, 3.63) is 71.6 Å². The van der Waals surface area contributed by atoms with E-state index in [0.717, 1.165) is 0 Å². The van der Waals surface area contributed by atoms with E-state index in [1.165, 1.54) is 0 Å². The van der Waals surface area contributed by atoms with Gasteiger partial charge >= 0.3 is 0 Å². The summed E-state index contributed by atoms with van der Waals surface area (Å²) in [6.45, 7) is 0. The molecule has 11 radical (unpaired) electrons. The summed E-state index contributed by atoms with van der Waals surface area (Å²) in [7, 11) is 0. The molecule has 0 aromatic rings. The van der Waals surface area contributed by atoms with Crippen molar-refractivity contribution in [2.45, 2.75) is 17.4 Å². The molecule has 0 aromatic carbocycles. The number of rotatable bonds is 0. The molecule has 0 bridgehead atoms. The van der Waals surface area contributed by atoms with Crippen LogP contribution in [0.15, 0.2) is 0 Å². The van der Waals surface area contributed by atoms with Crippen molar-refractivity contribution in [1.29, 1.82) is 0 Å². The molecule has 0 amide bonds. The number of hydrogen-bond donors (Lipinski definition) is 0. The molecule has 2 aliphatic rings. The molecule has 0 aromatic heterocycles. The van der Waals surface area contributed by atoms with E-state index in [-0.39, 0.29) is 58.5 Å². The Labute approximate surface area is 139 Å². The topological polar surface area (TPSA) is 0 Å². The standard InChI is InChI=1S/2C5H5.4CH3.Al.Tm/c2*1-2-4-5-3-1;;;;;;/h2*1-5H;4*1H3;;/q;;;;;-1;;. The van der Waals surface area contributed by atoms with Gasteiger partial charge in [0.1, 0.15) is 0 Å². The fourth-order valence-electron chi connectivity index (χ4n) is 0.642. The van der Waals surface area contributed by atoms with Gasteiger partial charge in [-0.15, -0.1) is 17.4 Å². The van der Waals surface area contributed by atoms with Gasteiger partial charge in [-0.2, -0.15) is 0 Å². The molecular weight excluding hydrogens is 364 g/mol. The Balaban J connectivity index is -0.000000151. The first-order chi connectivity index (χ1) is 6.73. The average Bonchev–Trinajstić information content (AvgIpc) is 2.83. The van der Waals surface area contributed by atoms with Crippen LogP contribution in [0.4, 0.5) is 0 Å². The molecule has 0 nitrogen and oxygen atoms in total. The Hall–Kier alpha value is 1.77. The maximum Gasteiger partial charge on any atom is 0.251 e. The van der Waals surface area contributed by atoms with Crippen LogP contribution in [0.1, 0.15) is 0 Å². The predicted octanol–water partition coefficient (Wildman–Crippen LogP) is 3.86. The molecule has 0 unspecified atom stereocenters. The van der Waals surface area contributed by atoms with E-state index < -0.39 is 0 Å². The Bertz CT molecular complexity index is 68.9. The van der Waals surface area contributed by atoms with Crippen LogP contribution >= 0.6 is 0 Å². The van der Waals surface area contributed by atoms with Crippen molar-refractivity contribution < 1.29 is 36.9 Å². The zero-order valence-corrected chi connectivity index (χ0v) is 13.6. The van der Waals surface area contributed by atoms with Crippen molar-refractivity contribution in [2.24, 2.45) is 0 Å². The molecule has 0 spiro atoms. The van der Waals surface area contributed by atoms with Gasteiger partial charge in [0.25, 0.3) is 14.1 Å². The van der Waals surface area contributed by atoms with E-state index in [4.69, 9.17) is 0 Å². The molecule has 16 heavy (non-hydrogen) atoms. The van der Waals surface area contributed by atoms with Crippen molar-refractivity contribution in [1.82, 2.24) is 0 Å². The minimum atomic E-state index is -0.139. The van der Waals surface area contributed by atoms with Gasteiger partial charge in [0.05, 0.1) is 0 Å². The van der Waals surface area contributed by atoms with Gasteiger partial charge < -0.3 is 7.43 Å². The van der Waals surface area contributed by atoms with Gasteiger partial charge in [-0.1, -0.05) is 0 Å². The average molecular weight is 386 g/mol. The fourth-order valence-corrected chi connectivity index (χ4v) is 0.642. The van der Waals surface area contributed by atoms with Crippen LogP contribution in [-0.2, 0) is 0 Å². The third-order valence-corrected chi connectivity index (χ3v) is 1.11. The largest absolute Gasteiger partial charge is 0.358 e. The van der Waals surface area contributed by atoms with Gasteiger partial charge in [-0.3, -0.25) is 0 Å². The number of hydrogen-bond acceptors (Lipinski definition) is 0. The van der Waals surface area contributed by atoms with Crippen LogP contribution in [0.25, 0.3) is 0 Å². The third kappa shape index (κ3) is 24.8. The second-order valence-corrected chi connectivity index (χ2v) is 7.12. The summed E-state index contributed by atoms with van der Waals surface area (Å²) in [5, 5.41) is 0. The van der Waals surface area contributed by atoms with Crippen LogP contribution in [0, 0.1) is 109 Å². The second kappa shape index (κ2) is 19.1. The Morgan fingerprint density at radius 3 is 0.625 bits per heavy atom. The van der Waals surface area contributed by atoms with E-state index in [1.807, 2.05) is 64.2 Å². The fraction of sp³-hybridized carbons (Fsp3) is 0.214. The molecule has 2 saturated carbocycles. The summed E-state index contributed by atoms with van der Waals surface area (Å²) >= 11 is -0.139. The first-order valence-corrected chi connectivity index (χ1v) is 8.53. The molecule has 0 heterocycles. The normalized spacial score (nSPS) is 16.7. The van der Waals surface area contributed by atoms with E-state index in [2.05, 4.69) is 17.4 Å². The van der Waals surface area contributed by atoms with Crippen LogP contribution in [0.5, 0.6) is 0 Å². The predicted molar refractivity (Wildman–Crippen MR) is 72.8 cm³/mol. The summed E-state index contributed by atoms with van der Waals surface area (Å²) in [6.07, 6.45) is 20.0. The zero-order chi connectivity index (χ0) is 10.6. The first-order valence-electron chi connectivity index (χ1n) is 5.07. The molecular formula is C14H22AlTm-. The summed E-state index contributed by atoms with van der Waals surface area (Å²) in [4.78, 5) is 0. The van der Waals surface area contributed by atoms with Crippen LogP contribution < -0.4 is 0 Å². The van der Waals surface area contributed by atoms with Crippen LogP contribution in [-0.4, -0.2) is 14.1 Å². The Morgan fingerprint density at radius 1 is 0.500 bits per heavy atom. The van der Waals surface area contributed by atoms with E-state index in [9.17, 15) is 0 Å². The summed E-state index contributed by atoms with van der Waals surface area (Å²) in [5.41, 5.74) is 0. The van der Waals surface area contributed by atoms with Crippen LogP contribution in [0.3, 0.4) is 0 Å². The van der Waals surface area contributed by atoms with Gasteiger partial charge in [0, 0.05) is 36.9 Å². The molecule has 2 aliphatic carbocycles. The minimum absolute atomic E-state index is 0. The smallest absolute Gasteiger partial charge is 0.251 e. The van der Waals surface area contributed by atoms with Crippen molar-refractivity contribution in [3.8, 4) is 0 Å². The van der Waals surface area contributed by atoms with Gasteiger partial charge in [0.15, 0.2) is 0 Å². The van der Waals surface area contributed by atoms with Crippen molar-refractivity contribution >= 4 is 14.1 Å². The minimum Gasteiger partial charge on any atom is -0.358 e.